The Labute approximate surface area is 291 Å². The van der Waals surface area contributed by atoms with Crippen LogP contribution in [0.3, 0.4) is 0 Å². The molecule has 0 saturated heterocycles. The summed E-state index contributed by atoms with van der Waals surface area (Å²) >= 11 is 0. The van der Waals surface area contributed by atoms with E-state index in [0.29, 0.717) is 11.9 Å². The maximum absolute atomic E-state index is 12.9. The van der Waals surface area contributed by atoms with Crippen LogP contribution in [0.15, 0.2) is 163 Å². The van der Waals surface area contributed by atoms with Crippen molar-refractivity contribution in [1.82, 2.24) is 0 Å². The molecule has 49 heavy (non-hydrogen) atoms. The maximum atomic E-state index is 12.9. The first-order valence-electron chi connectivity index (χ1n) is 16.8. The van der Waals surface area contributed by atoms with E-state index in [2.05, 4.69) is 84.9 Å². The lowest BCUT2D eigenvalue weighted by molar-refractivity contribution is 0.304. The van der Waals surface area contributed by atoms with Crippen molar-refractivity contribution in [1.29, 1.82) is 0 Å². The summed E-state index contributed by atoms with van der Waals surface area (Å²) in [7, 11) is -7.63. The Kier molecular flexibility index (Phi) is 11.1. The van der Waals surface area contributed by atoms with Crippen molar-refractivity contribution in [2.45, 2.75) is 43.9 Å². The molecule has 0 heterocycles. The van der Waals surface area contributed by atoms with Gasteiger partial charge in [0.1, 0.15) is 44.3 Å². The summed E-state index contributed by atoms with van der Waals surface area (Å²) in [6, 6.07) is 52.7. The third kappa shape index (κ3) is 8.03. The van der Waals surface area contributed by atoms with Gasteiger partial charge >= 0.3 is 0 Å². The Hall–Kier alpha value is -4.54. The molecule has 0 aliphatic heterocycles. The van der Waals surface area contributed by atoms with Gasteiger partial charge in [-0.3, -0.25) is 0 Å². The fourth-order valence-electron chi connectivity index (χ4n) is 6.58. The van der Waals surface area contributed by atoms with Crippen LogP contribution in [0, 0.1) is 6.92 Å². The minimum absolute atomic E-state index is 0.159. The van der Waals surface area contributed by atoms with Gasteiger partial charge in [0.15, 0.2) is 0 Å². The van der Waals surface area contributed by atoms with E-state index >= 15 is 0 Å². The van der Waals surface area contributed by atoms with E-state index in [1.807, 2.05) is 73.7 Å². The molecule has 0 radical (unpaired) electrons. The molecule has 0 saturated carbocycles. The van der Waals surface area contributed by atoms with Crippen molar-refractivity contribution in [2.24, 2.45) is 0 Å². The van der Waals surface area contributed by atoms with Crippen molar-refractivity contribution in [3.05, 3.63) is 180 Å². The highest BCUT2D eigenvalue weighted by molar-refractivity contribution is 8.02. The number of rotatable bonds is 14. The Morgan fingerprint density at radius 1 is 0.571 bits per heavy atom. The molecule has 6 heteroatoms. The minimum Gasteiger partial charge on any atom is -0.744 e. The lowest BCUT2D eigenvalue weighted by atomic mass is 10.0. The van der Waals surface area contributed by atoms with Crippen LogP contribution in [0.1, 0.15) is 35.1 Å². The monoisotopic (exact) mass is 684 g/mol. The van der Waals surface area contributed by atoms with Gasteiger partial charge in [-0.05, 0) is 116 Å². The molecule has 0 bridgehead atoms. The Balaban J connectivity index is 1.33. The largest absolute Gasteiger partial charge is 0.744 e. The molecule has 0 fully saturated rings. The standard InChI is InChI=1S/C43H41O4PS/c1-34-27-30-42(43(32-34)49(44,45)46)48(38-21-7-3-8-22-38,39-23-9-4-10-24-39)40-25-15-19-36(33-40)28-29-37-20-11-12-26-41(37)47-31-14-13-18-35-16-5-2-6-17-35/h2-12,15-17,19-27,30,32-33H,13-14,18,28-29,31H2,1H3. The van der Waals surface area contributed by atoms with E-state index in [4.69, 9.17) is 4.74 Å². The van der Waals surface area contributed by atoms with Crippen molar-refractivity contribution in [3.8, 4) is 5.75 Å². The molecule has 6 aromatic rings. The van der Waals surface area contributed by atoms with E-state index in [-0.39, 0.29) is 4.90 Å². The molecule has 0 aromatic heterocycles. The fourth-order valence-corrected chi connectivity index (χ4v) is 12.3. The Morgan fingerprint density at radius 3 is 1.84 bits per heavy atom. The zero-order valence-electron chi connectivity index (χ0n) is 27.7. The second-order valence-electron chi connectivity index (χ2n) is 12.3. The van der Waals surface area contributed by atoms with Crippen molar-refractivity contribution >= 4 is 38.6 Å². The highest BCUT2D eigenvalue weighted by Gasteiger charge is 2.50. The topological polar surface area (TPSA) is 66.4 Å². The number of para-hydroxylation sites is 1. The van der Waals surface area contributed by atoms with Crippen LogP contribution in [0.4, 0.5) is 0 Å². The molecule has 0 atom stereocenters. The van der Waals surface area contributed by atoms with E-state index in [1.54, 1.807) is 0 Å². The number of unbranched alkanes of at least 4 members (excludes halogenated alkanes) is 1. The Bertz CT molecular complexity index is 2040. The summed E-state index contributed by atoms with van der Waals surface area (Å²) in [6.45, 7) is 2.48. The normalized spacial score (nSPS) is 11.7. The second kappa shape index (κ2) is 15.8. The number of hydrogen-bond donors (Lipinski definition) is 0. The molecule has 0 aliphatic rings. The van der Waals surface area contributed by atoms with Crippen molar-refractivity contribution in [2.75, 3.05) is 6.61 Å². The van der Waals surface area contributed by atoms with Gasteiger partial charge in [-0.1, -0.05) is 103 Å². The van der Waals surface area contributed by atoms with E-state index in [9.17, 15) is 13.0 Å². The van der Waals surface area contributed by atoms with E-state index in [0.717, 1.165) is 70.5 Å². The molecule has 0 unspecified atom stereocenters. The van der Waals surface area contributed by atoms with Crippen LogP contribution in [-0.2, 0) is 29.4 Å². The first-order valence-corrected chi connectivity index (χ1v) is 20.0. The first kappa shape index (κ1) is 34.3. The van der Waals surface area contributed by atoms with Crippen molar-refractivity contribution < 1.29 is 17.7 Å². The molecule has 248 valence electrons. The third-order valence-electron chi connectivity index (χ3n) is 8.95. The highest BCUT2D eigenvalue weighted by Crippen LogP contribution is 2.55. The molecule has 6 aromatic carbocycles. The highest BCUT2D eigenvalue weighted by atomic mass is 32.2. The minimum atomic E-state index is -4.79. The number of aryl methyl sites for hydroxylation is 4. The summed E-state index contributed by atoms with van der Waals surface area (Å²) in [6.07, 6.45) is 4.66. The van der Waals surface area contributed by atoms with Crippen LogP contribution in [0.25, 0.3) is 0 Å². The lowest BCUT2D eigenvalue weighted by Gasteiger charge is -2.30. The summed E-state index contributed by atoms with van der Waals surface area (Å²) in [4.78, 5) is -0.159. The summed E-state index contributed by atoms with van der Waals surface area (Å²) in [5, 5.41) is 3.52. The van der Waals surface area contributed by atoms with Gasteiger partial charge in [0, 0.05) is 0 Å². The van der Waals surface area contributed by atoms with Gasteiger partial charge in [0.25, 0.3) is 0 Å². The molecule has 0 aliphatic carbocycles. The molecule has 6 rings (SSSR count). The number of hydrogen-bond acceptors (Lipinski definition) is 4. The van der Waals surface area contributed by atoms with Gasteiger partial charge in [0.2, 0.25) is 0 Å². The smallest absolute Gasteiger partial charge is 0.145 e. The van der Waals surface area contributed by atoms with E-state index < -0.39 is 17.4 Å². The zero-order valence-corrected chi connectivity index (χ0v) is 29.5. The second-order valence-corrected chi connectivity index (χ2v) is 17.1. The quantitative estimate of drug-likeness (QED) is 0.0670. The molecule has 0 N–H and O–H groups in total. The average Bonchev–Trinajstić information content (AvgIpc) is 3.13. The van der Waals surface area contributed by atoms with Gasteiger partial charge in [-0.15, -0.1) is 0 Å². The molecule has 0 amide bonds. The van der Waals surface area contributed by atoms with Crippen LogP contribution in [-0.4, -0.2) is 19.6 Å². The molecular weight excluding hydrogens is 644 g/mol. The number of ether oxygens (including phenoxy) is 1. The van der Waals surface area contributed by atoms with Crippen LogP contribution >= 0.6 is 7.26 Å². The van der Waals surface area contributed by atoms with Gasteiger partial charge in [-0.25, -0.2) is 8.42 Å². The van der Waals surface area contributed by atoms with Crippen LogP contribution in [0.2, 0.25) is 0 Å². The summed E-state index contributed by atoms with van der Waals surface area (Å²) in [5.41, 5.74) is 4.36. The van der Waals surface area contributed by atoms with Crippen LogP contribution in [0.5, 0.6) is 5.75 Å². The first-order chi connectivity index (χ1) is 23.9. The van der Waals surface area contributed by atoms with Crippen molar-refractivity contribution in [3.63, 3.8) is 0 Å². The summed E-state index contributed by atoms with van der Waals surface area (Å²) in [5.74, 6) is 0.915. The molecule has 0 spiro atoms. The van der Waals surface area contributed by atoms with E-state index in [1.165, 1.54) is 11.6 Å². The Morgan fingerprint density at radius 2 is 1.16 bits per heavy atom. The average molecular weight is 685 g/mol. The SMILES string of the molecule is Cc1ccc([P+](c2ccccc2)(c2ccccc2)c2cccc(CCc3ccccc3OCCCCc3ccccc3)c2)c(S(=O)(=O)[O-])c1. The summed E-state index contributed by atoms with van der Waals surface area (Å²) < 4.78 is 45.1. The lowest BCUT2D eigenvalue weighted by Crippen LogP contribution is -2.40. The van der Waals surface area contributed by atoms with Gasteiger partial charge < -0.3 is 9.29 Å². The van der Waals surface area contributed by atoms with Crippen LogP contribution < -0.4 is 26.0 Å². The van der Waals surface area contributed by atoms with Gasteiger partial charge in [-0.2, -0.15) is 0 Å². The predicted octanol–water partition coefficient (Wildman–Crippen LogP) is 7.71. The third-order valence-corrected chi connectivity index (χ3v) is 14.3. The predicted molar refractivity (Wildman–Crippen MR) is 203 cm³/mol. The fraction of sp³-hybridized carbons (Fsp3) is 0.163. The molecule has 4 nitrogen and oxygen atoms in total. The zero-order chi connectivity index (χ0) is 34.1. The maximum Gasteiger partial charge on any atom is 0.145 e. The number of benzene rings is 6. The molecular formula is C43H41O4PS. The van der Waals surface area contributed by atoms with Gasteiger partial charge in [0.05, 0.1) is 11.5 Å².